The third-order valence-corrected chi connectivity index (χ3v) is 4.67. The van der Waals surface area contributed by atoms with Crippen LogP contribution in [0.25, 0.3) is 6.08 Å². The summed E-state index contributed by atoms with van der Waals surface area (Å²) in [5.41, 5.74) is 1.19. The van der Waals surface area contributed by atoms with Crippen molar-refractivity contribution in [3.05, 3.63) is 57.2 Å². The number of halogens is 2. The highest BCUT2D eigenvalue weighted by Gasteiger charge is 2.35. The molecule has 8 heteroatoms. The highest BCUT2D eigenvalue weighted by molar-refractivity contribution is 9.10. The summed E-state index contributed by atoms with van der Waals surface area (Å²) in [4.78, 5) is 26.0. The Hall–Kier alpha value is -2.51. The number of methoxy groups -OCH3 is 2. The van der Waals surface area contributed by atoms with Gasteiger partial charge in [-0.3, -0.25) is 4.79 Å². The fourth-order valence-corrected chi connectivity index (χ4v) is 3.14. The molecule has 0 bridgehead atoms. The van der Waals surface area contributed by atoms with Crippen molar-refractivity contribution in [3.8, 4) is 11.5 Å². The zero-order chi connectivity index (χ0) is 18.8. The Kier molecular flexibility index (Phi) is 5.20. The molecule has 26 heavy (non-hydrogen) atoms. The van der Waals surface area contributed by atoms with Crippen molar-refractivity contribution < 1.29 is 19.1 Å². The Morgan fingerprint density at radius 1 is 1.12 bits per heavy atom. The molecule has 0 unspecified atom stereocenters. The zero-order valence-corrected chi connectivity index (χ0v) is 16.2. The third-order valence-electron chi connectivity index (χ3n) is 3.75. The van der Waals surface area contributed by atoms with Crippen molar-refractivity contribution >= 4 is 51.2 Å². The van der Waals surface area contributed by atoms with E-state index in [1.165, 1.54) is 14.2 Å². The van der Waals surface area contributed by atoms with Crippen molar-refractivity contribution in [3.63, 3.8) is 0 Å². The molecule has 1 N–H and O–H groups in total. The van der Waals surface area contributed by atoms with E-state index in [2.05, 4.69) is 21.2 Å². The van der Waals surface area contributed by atoms with Crippen LogP contribution < -0.4 is 19.7 Å². The molecule has 3 rings (SSSR count). The first-order chi connectivity index (χ1) is 12.4. The topological polar surface area (TPSA) is 67.9 Å². The summed E-state index contributed by atoms with van der Waals surface area (Å²) in [6.45, 7) is 0. The van der Waals surface area contributed by atoms with Crippen LogP contribution in [0.4, 0.5) is 10.5 Å². The normalized spacial score (nSPS) is 15.4. The van der Waals surface area contributed by atoms with E-state index < -0.39 is 11.9 Å². The molecule has 0 atom stereocenters. The van der Waals surface area contributed by atoms with Crippen LogP contribution in [0.5, 0.6) is 11.5 Å². The van der Waals surface area contributed by atoms with Gasteiger partial charge in [0.2, 0.25) is 0 Å². The van der Waals surface area contributed by atoms with E-state index in [0.717, 1.165) is 4.90 Å². The van der Waals surface area contributed by atoms with Crippen LogP contribution in [0.3, 0.4) is 0 Å². The van der Waals surface area contributed by atoms with Crippen molar-refractivity contribution in [1.82, 2.24) is 5.32 Å². The molecule has 0 radical (unpaired) electrons. The Balaban J connectivity index is 1.98. The van der Waals surface area contributed by atoms with Gasteiger partial charge in [0.05, 0.1) is 19.9 Å². The number of imide groups is 1. The molecule has 134 valence electrons. The Labute approximate surface area is 163 Å². The average molecular weight is 438 g/mol. The van der Waals surface area contributed by atoms with Gasteiger partial charge in [0, 0.05) is 9.50 Å². The first-order valence-electron chi connectivity index (χ1n) is 7.49. The maximum absolute atomic E-state index is 12.7. The van der Waals surface area contributed by atoms with Crippen LogP contribution in [0.1, 0.15) is 5.56 Å². The minimum atomic E-state index is -0.542. The summed E-state index contributed by atoms with van der Waals surface area (Å²) in [6.07, 6.45) is 1.57. The predicted octanol–water partition coefficient (Wildman–Crippen LogP) is 4.22. The van der Waals surface area contributed by atoms with Gasteiger partial charge < -0.3 is 14.8 Å². The molecule has 1 saturated heterocycles. The lowest BCUT2D eigenvalue weighted by Gasteiger charge is -2.12. The molecule has 1 aliphatic rings. The van der Waals surface area contributed by atoms with Crippen molar-refractivity contribution in [2.24, 2.45) is 0 Å². The molecule has 1 heterocycles. The van der Waals surface area contributed by atoms with Gasteiger partial charge in [-0.1, -0.05) is 33.6 Å². The Morgan fingerprint density at radius 3 is 2.46 bits per heavy atom. The lowest BCUT2D eigenvalue weighted by atomic mass is 10.1. The van der Waals surface area contributed by atoms with E-state index in [-0.39, 0.29) is 5.70 Å². The summed E-state index contributed by atoms with van der Waals surface area (Å²) >= 11 is 9.38. The van der Waals surface area contributed by atoms with Gasteiger partial charge in [-0.25, -0.2) is 9.69 Å². The number of rotatable bonds is 4. The lowest BCUT2D eigenvalue weighted by Crippen LogP contribution is -2.30. The molecule has 2 aromatic carbocycles. The lowest BCUT2D eigenvalue weighted by molar-refractivity contribution is -0.113. The summed E-state index contributed by atoms with van der Waals surface area (Å²) in [6, 6.07) is 9.41. The van der Waals surface area contributed by atoms with E-state index in [4.69, 9.17) is 21.1 Å². The van der Waals surface area contributed by atoms with E-state index in [9.17, 15) is 9.59 Å². The molecular weight excluding hydrogens is 424 g/mol. The predicted molar refractivity (Wildman–Crippen MR) is 103 cm³/mol. The van der Waals surface area contributed by atoms with Gasteiger partial charge >= 0.3 is 6.03 Å². The number of benzene rings is 2. The second-order valence-corrected chi connectivity index (χ2v) is 6.63. The number of carbonyl (C=O) groups is 2. The molecule has 2 aromatic rings. The number of carbonyl (C=O) groups excluding carboxylic acids is 2. The first kappa shape index (κ1) is 18.3. The maximum Gasteiger partial charge on any atom is 0.333 e. The SMILES string of the molecule is COc1cc(Br)c(C=C2NC(=O)N(c3cccc(Cl)c3)C2=O)cc1OC. The maximum atomic E-state index is 12.7. The number of amides is 3. The zero-order valence-electron chi connectivity index (χ0n) is 13.9. The number of anilines is 1. The molecular formula is C18H14BrClN2O4. The fourth-order valence-electron chi connectivity index (χ4n) is 2.52. The Bertz CT molecular complexity index is 929. The number of nitrogens with zero attached hydrogens (tertiary/aromatic N) is 1. The van der Waals surface area contributed by atoms with Crippen LogP contribution in [0.2, 0.25) is 5.02 Å². The number of ether oxygens (including phenoxy) is 2. The molecule has 1 fully saturated rings. The summed E-state index contributed by atoms with van der Waals surface area (Å²) in [5.74, 6) is 0.578. The first-order valence-corrected chi connectivity index (χ1v) is 8.66. The number of urea groups is 1. The largest absolute Gasteiger partial charge is 0.493 e. The number of nitrogens with one attached hydrogen (secondary N) is 1. The molecule has 6 nitrogen and oxygen atoms in total. The molecule has 1 aliphatic heterocycles. The summed E-state index contributed by atoms with van der Waals surface area (Å²) in [7, 11) is 3.05. The van der Waals surface area contributed by atoms with Crippen LogP contribution in [-0.4, -0.2) is 26.2 Å². The molecule has 0 aliphatic carbocycles. The summed E-state index contributed by atoms with van der Waals surface area (Å²) < 4.78 is 11.2. The Morgan fingerprint density at radius 2 is 1.81 bits per heavy atom. The monoisotopic (exact) mass is 436 g/mol. The fraction of sp³-hybridized carbons (Fsp3) is 0.111. The van der Waals surface area contributed by atoms with Crippen LogP contribution in [-0.2, 0) is 4.79 Å². The van der Waals surface area contributed by atoms with Gasteiger partial charge in [-0.2, -0.15) is 0 Å². The second kappa shape index (κ2) is 7.39. The quantitative estimate of drug-likeness (QED) is 0.574. The van der Waals surface area contributed by atoms with Gasteiger partial charge in [0.15, 0.2) is 11.5 Å². The van der Waals surface area contributed by atoms with Crippen molar-refractivity contribution in [2.45, 2.75) is 0 Å². The number of hydrogen-bond acceptors (Lipinski definition) is 4. The molecule has 3 amide bonds. The minimum Gasteiger partial charge on any atom is -0.493 e. The highest BCUT2D eigenvalue weighted by atomic mass is 79.9. The highest BCUT2D eigenvalue weighted by Crippen LogP contribution is 2.35. The standard InChI is InChI=1S/C18H14BrClN2O4/c1-25-15-7-10(13(19)9-16(15)26-2)6-14-17(23)22(18(24)21-14)12-5-3-4-11(20)8-12/h3-9H,1-2H3,(H,21,24). The van der Waals surface area contributed by atoms with E-state index in [0.29, 0.717) is 32.2 Å². The van der Waals surface area contributed by atoms with Crippen LogP contribution >= 0.6 is 27.5 Å². The van der Waals surface area contributed by atoms with E-state index in [1.54, 1.807) is 42.5 Å². The summed E-state index contributed by atoms with van der Waals surface area (Å²) in [5, 5.41) is 3.01. The van der Waals surface area contributed by atoms with Crippen LogP contribution in [0.15, 0.2) is 46.6 Å². The van der Waals surface area contributed by atoms with Gasteiger partial charge in [-0.15, -0.1) is 0 Å². The van der Waals surface area contributed by atoms with E-state index in [1.807, 2.05) is 0 Å². The molecule has 0 saturated carbocycles. The average Bonchev–Trinajstić information content (AvgIpc) is 2.89. The smallest absolute Gasteiger partial charge is 0.333 e. The van der Waals surface area contributed by atoms with Crippen molar-refractivity contribution in [2.75, 3.05) is 19.1 Å². The van der Waals surface area contributed by atoms with E-state index >= 15 is 0 Å². The minimum absolute atomic E-state index is 0.142. The molecule has 0 spiro atoms. The second-order valence-electron chi connectivity index (χ2n) is 5.34. The third kappa shape index (κ3) is 3.40. The van der Waals surface area contributed by atoms with Gasteiger partial charge in [0.1, 0.15) is 5.70 Å². The van der Waals surface area contributed by atoms with Crippen LogP contribution in [0, 0.1) is 0 Å². The van der Waals surface area contributed by atoms with Gasteiger partial charge in [0.25, 0.3) is 5.91 Å². The van der Waals surface area contributed by atoms with Gasteiger partial charge in [-0.05, 0) is 42.0 Å². The van der Waals surface area contributed by atoms with Crippen molar-refractivity contribution in [1.29, 1.82) is 0 Å². The number of hydrogen-bond donors (Lipinski definition) is 1. The molecule has 0 aromatic heterocycles.